The Balaban J connectivity index is 2.20. The van der Waals surface area contributed by atoms with Crippen LogP contribution in [-0.4, -0.2) is 30.9 Å². The molecule has 1 aromatic rings. The molecule has 2 rings (SSSR count). The van der Waals surface area contributed by atoms with Crippen LogP contribution in [-0.2, 0) is 0 Å². The van der Waals surface area contributed by atoms with Crippen LogP contribution in [0.1, 0.15) is 19.8 Å². The molecule has 1 aromatic carbocycles. The van der Waals surface area contributed by atoms with Crippen molar-refractivity contribution >= 4 is 11.5 Å². The van der Waals surface area contributed by atoms with Crippen molar-refractivity contribution < 1.29 is 4.74 Å². The number of hydrogen-bond donors (Lipinski definition) is 0. The minimum Gasteiger partial charge on any atom is -0.494 e. The zero-order valence-corrected chi connectivity index (χ0v) is 9.94. The maximum Gasteiger partial charge on any atom is 0.144 e. The third-order valence-electron chi connectivity index (χ3n) is 2.93. The summed E-state index contributed by atoms with van der Waals surface area (Å²) in [6.07, 6.45) is 2.55. The van der Waals surface area contributed by atoms with Gasteiger partial charge in [0, 0.05) is 13.1 Å². The second kappa shape index (κ2) is 5.01. The van der Waals surface area contributed by atoms with E-state index in [1.54, 1.807) is 7.11 Å². The molecular weight excluding hydrogens is 200 g/mol. The maximum atomic E-state index is 5.28. The Morgan fingerprint density at radius 1 is 1.25 bits per heavy atom. The number of likely N-dealkylation sites (tertiary alicyclic amines) is 1. The van der Waals surface area contributed by atoms with Crippen molar-refractivity contribution in [1.29, 1.82) is 0 Å². The van der Waals surface area contributed by atoms with Gasteiger partial charge in [0.05, 0.1) is 7.11 Å². The van der Waals surface area contributed by atoms with Gasteiger partial charge in [0.2, 0.25) is 0 Å². The van der Waals surface area contributed by atoms with Gasteiger partial charge >= 0.3 is 0 Å². The fourth-order valence-electron chi connectivity index (χ4n) is 2.01. The quantitative estimate of drug-likeness (QED) is 0.563. The SMILES string of the molecule is COc1ccccc1N=C(C)N1CCCC1. The van der Waals surface area contributed by atoms with E-state index in [9.17, 15) is 0 Å². The smallest absolute Gasteiger partial charge is 0.144 e. The number of hydrogen-bond acceptors (Lipinski definition) is 2. The van der Waals surface area contributed by atoms with Gasteiger partial charge in [-0.15, -0.1) is 0 Å². The van der Waals surface area contributed by atoms with Gasteiger partial charge in [0.15, 0.2) is 0 Å². The Morgan fingerprint density at radius 3 is 2.62 bits per heavy atom. The summed E-state index contributed by atoms with van der Waals surface area (Å²) in [5, 5.41) is 0. The fraction of sp³-hybridized carbons (Fsp3) is 0.462. The van der Waals surface area contributed by atoms with Gasteiger partial charge < -0.3 is 9.64 Å². The molecule has 86 valence electrons. The molecule has 0 radical (unpaired) electrons. The van der Waals surface area contributed by atoms with Crippen molar-refractivity contribution in [2.24, 2.45) is 4.99 Å². The molecule has 0 aromatic heterocycles. The fourth-order valence-corrected chi connectivity index (χ4v) is 2.01. The van der Waals surface area contributed by atoms with Crippen molar-refractivity contribution in [2.45, 2.75) is 19.8 Å². The van der Waals surface area contributed by atoms with Crippen LogP contribution in [0.5, 0.6) is 5.75 Å². The number of aliphatic imine (C=N–C) groups is 1. The lowest BCUT2D eigenvalue weighted by Gasteiger charge is -2.16. The predicted molar refractivity (Wildman–Crippen MR) is 66.6 cm³/mol. The Kier molecular flexibility index (Phi) is 3.44. The summed E-state index contributed by atoms with van der Waals surface area (Å²) in [5.41, 5.74) is 0.911. The monoisotopic (exact) mass is 218 g/mol. The summed E-state index contributed by atoms with van der Waals surface area (Å²) in [6.45, 7) is 4.33. The molecule has 0 saturated carbocycles. The number of nitrogens with zero attached hydrogens (tertiary/aromatic N) is 2. The summed E-state index contributed by atoms with van der Waals surface area (Å²) in [6, 6.07) is 7.87. The minimum absolute atomic E-state index is 0.834. The van der Waals surface area contributed by atoms with Crippen LogP contribution in [0.4, 0.5) is 5.69 Å². The van der Waals surface area contributed by atoms with E-state index in [2.05, 4.69) is 16.8 Å². The van der Waals surface area contributed by atoms with Crippen LogP contribution < -0.4 is 4.74 Å². The summed E-state index contributed by atoms with van der Waals surface area (Å²) in [4.78, 5) is 6.96. The van der Waals surface area contributed by atoms with E-state index in [1.165, 1.54) is 12.8 Å². The van der Waals surface area contributed by atoms with Crippen LogP contribution in [0, 0.1) is 0 Å². The lowest BCUT2D eigenvalue weighted by Crippen LogP contribution is -2.24. The number of rotatable bonds is 2. The molecule has 0 amide bonds. The summed E-state index contributed by atoms with van der Waals surface area (Å²) < 4.78 is 5.28. The number of methoxy groups -OCH3 is 1. The molecule has 1 fully saturated rings. The van der Waals surface area contributed by atoms with Crippen molar-refractivity contribution in [3.05, 3.63) is 24.3 Å². The van der Waals surface area contributed by atoms with Gasteiger partial charge in [-0.2, -0.15) is 0 Å². The number of para-hydroxylation sites is 2. The molecular formula is C13H18N2O. The van der Waals surface area contributed by atoms with E-state index in [-0.39, 0.29) is 0 Å². The first-order valence-corrected chi connectivity index (χ1v) is 5.74. The standard InChI is InChI=1S/C13H18N2O/c1-11(15-9-5-6-10-15)14-12-7-3-4-8-13(12)16-2/h3-4,7-8H,5-6,9-10H2,1-2H3. The Hall–Kier alpha value is -1.51. The normalized spacial score (nSPS) is 16.6. The molecule has 1 heterocycles. The summed E-state index contributed by atoms with van der Waals surface area (Å²) >= 11 is 0. The number of benzene rings is 1. The first-order valence-electron chi connectivity index (χ1n) is 5.74. The lowest BCUT2D eigenvalue weighted by molar-refractivity contribution is 0.416. The van der Waals surface area contributed by atoms with E-state index < -0.39 is 0 Å². The molecule has 0 N–H and O–H groups in total. The highest BCUT2D eigenvalue weighted by molar-refractivity contribution is 5.83. The molecule has 0 aliphatic carbocycles. The first-order chi connectivity index (χ1) is 7.81. The zero-order valence-electron chi connectivity index (χ0n) is 9.94. The molecule has 0 unspecified atom stereocenters. The van der Waals surface area contributed by atoms with Gasteiger partial charge in [-0.25, -0.2) is 4.99 Å². The van der Waals surface area contributed by atoms with Crippen LogP contribution in [0.2, 0.25) is 0 Å². The average molecular weight is 218 g/mol. The van der Waals surface area contributed by atoms with E-state index in [0.29, 0.717) is 0 Å². The summed E-state index contributed by atoms with van der Waals surface area (Å²) in [7, 11) is 1.68. The molecule has 16 heavy (non-hydrogen) atoms. The number of ether oxygens (including phenoxy) is 1. The Labute approximate surface area is 96.7 Å². The third kappa shape index (κ3) is 2.35. The van der Waals surface area contributed by atoms with Crippen molar-refractivity contribution in [2.75, 3.05) is 20.2 Å². The van der Waals surface area contributed by atoms with Crippen molar-refractivity contribution in [3.63, 3.8) is 0 Å². The molecule has 3 nitrogen and oxygen atoms in total. The molecule has 0 atom stereocenters. The minimum atomic E-state index is 0.834. The maximum absolute atomic E-state index is 5.28. The van der Waals surface area contributed by atoms with Gasteiger partial charge in [0.25, 0.3) is 0 Å². The van der Waals surface area contributed by atoms with Crippen molar-refractivity contribution in [3.8, 4) is 5.75 Å². The van der Waals surface area contributed by atoms with E-state index >= 15 is 0 Å². The average Bonchev–Trinajstić information content (AvgIpc) is 2.83. The van der Waals surface area contributed by atoms with Crippen molar-refractivity contribution in [1.82, 2.24) is 4.90 Å². The Morgan fingerprint density at radius 2 is 1.94 bits per heavy atom. The van der Waals surface area contributed by atoms with Crippen LogP contribution in [0.15, 0.2) is 29.3 Å². The van der Waals surface area contributed by atoms with Gasteiger partial charge in [-0.05, 0) is 31.9 Å². The lowest BCUT2D eigenvalue weighted by atomic mass is 10.3. The van der Waals surface area contributed by atoms with E-state index in [0.717, 1.165) is 30.4 Å². The van der Waals surface area contributed by atoms with Gasteiger partial charge in [-0.1, -0.05) is 12.1 Å². The second-order valence-corrected chi connectivity index (χ2v) is 4.03. The predicted octanol–water partition coefficient (Wildman–Crippen LogP) is 2.84. The van der Waals surface area contributed by atoms with E-state index in [1.807, 2.05) is 24.3 Å². The van der Waals surface area contributed by atoms with Crippen LogP contribution >= 0.6 is 0 Å². The second-order valence-electron chi connectivity index (χ2n) is 4.03. The summed E-state index contributed by atoms with van der Waals surface area (Å²) in [5.74, 6) is 1.92. The molecule has 0 bridgehead atoms. The van der Waals surface area contributed by atoms with E-state index in [4.69, 9.17) is 4.74 Å². The highest BCUT2D eigenvalue weighted by Gasteiger charge is 2.13. The highest BCUT2D eigenvalue weighted by Crippen LogP contribution is 2.27. The third-order valence-corrected chi connectivity index (χ3v) is 2.93. The van der Waals surface area contributed by atoms with Crippen LogP contribution in [0.3, 0.4) is 0 Å². The topological polar surface area (TPSA) is 24.8 Å². The molecule has 3 heteroatoms. The molecule has 1 saturated heterocycles. The molecule has 0 spiro atoms. The molecule has 1 aliphatic rings. The first kappa shape index (κ1) is 11.0. The van der Waals surface area contributed by atoms with Gasteiger partial charge in [0.1, 0.15) is 17.3 Å². The zero-order chi connectivity index (χ0) is 11.4. The Bertz CT molecular complexity index is 381. The largest absolute Gasteiger partial charge is 0.494 e. The highest BCUT2D eigenvalue weighted by atomic mass is 16.5. The van der Waals surface area contributed by atoms with Gasteiger partial charge in [-0.3, -0.25) is 0 Å². The van der Waals surface area contributed by atoms with Crippen LogP contribution in [0.25, 0.3) is 0 Å². The number of amidine groups is 1. The molecule has 1 aliphatic heterocycles.